The first kappa shape index (κ1) is 17.0. The van der Waals surface area contributed by atoms with Crippen LogP contribution in [0, 0.1) is 0 Å². The Kier molecular flexibility index (Phi) is 5.71. The van der Waals surface area contributed by atoms with Gasteiger partial charge in [0.2, 0.25) is 0 Å². The van der Waals surface area contributed by atoms with Crippen molar-refractivity contribution in [3.63, 3.8) is 0 Å². The third-order valence-corrected chi connectivity index (χ3v) is 3.58. The molecule has 0 amide bonds. The van der Waals surface area contributed by atoms with E-state index in [4.69, 9.17) is 18.9 Å². The van der Waals surface area contributed by atoms with Crippen molar-refractivity contribution in [3.8, 4) is 23.0 Å². The third kappa shape index (κ3) is 3.87. The van der Waals surface area contributed by atoms with Gasteiger partial charge in [0.15, 0.2) is 23.0 Å². The minimum absolute atomic E-state index is 0.468. The van der Waals surface area contributed by atoms with Crippen LogP contribution in [0.15, 0.2) is 42.5 Å². The maximum Gasteiger partial charge on any atom is 0.161 e. The summed E-state index contributed by atoms with van der Waals surface area (Å²) in [4.78, 5) is 0. The third-order valence-electron chi connectivity index (χ3n) is 3.58. The number of hydrogen-bond donors (Lipinski definition) is 1. The normalized spacial score (nSPS) is 13.1. The Bertz CT molecular complexity index is 641. The molecule has 0 saturated heterocycles. The molecule has 124 valence electrons. The molecule has 5 heteroatoms. The molecule has 0 unspecified atom stereocenters. The summed E-state index contributed by atoms with van der Waals surface area (Å²) in [5.74, 6) is 2.39. The lowest BCUT2D eigenvalue weighted by atomic mass is 10.0. The van der Waals surface area contributed by atoms with Crippen molar-refractivity contribution in [2.45, 2.75) is 19.1 Å². The SMILES string of the molecule is COc1ccc([C@H](O)[C@@H](C)Oc2ccccc2OC)cc1OC. The molecule has 0 aromatic heterocycles. The molecule has 0 fully saturated rings. The van der Waals surface area contributed by atoms with Crippen molar-refractivity contribution < 1.29 is 24.1 Å². The average Bonchev–Trinajstić information content (AvgIpc) is 2.60. The zero-order valence-electron chi connectivity index (χ0n) is 13.8. The lowest BCUT2D eigenvalue weighted by molar-refractivity contribution is 0.0450. The minimum Gasteiger partial charge on any atom is -0.493 e. The summed E-state index contributed by atoms with van der Waals surface area (Å²) in [5.41, 5.74) is 0.685. The topological polar surface area (TPSA) is 57.2 Å². The Morgan fingerprint density at radius 2 is 1.35 bits per heavy atom. The van der Waals surface area contributed by atoms with Crippen LogP contribution in [0.5, 0.6) is 23.0 Å². The van der Waals surface area contributed by atoms with Gasteiger partial charge in [-0.25, -0.2) is 0 Å². The fraction of sp³-hybridized carbons (Fsp3) is 0.333. The van der Waals surface area contributed by atoms with E-state index in [1.165, 1.54) is 0 Å². The van der Waals surface area contributed by atoms with E-state index < -0.39 is 12.2 Å². The summed E-state index contributed by atoms with van der Waals surface area (Å²) in [7, 11) is 4.71. The van der Waals surface area contributed by atoms with Crippen LogP contribution in [0.1, 0.15) is 18.6 Å². The molecule has 0 spiro atoms. The van der Waals surface area contributed by atoms with Crippen molar-refractivity contribution in [1.82, 2.24) is 0 Å². The van der Waals surface area contributed by atoms with Gasteiger partial charge in [0, 0.05) is 0 Å². The van der Waals surface area contributed by atoms with Crippen LogP contribution in [0.25, 0.3) is 0 Å². The lowest BCUT2D eigenvalue weighted by Crippen LogP contribution is -2.22. The van der Waals surface area contributed by atoms with Crippen LogP contribution in [0.2, 0.25) is 0 Å². The number of benzene rings is 2. The molecule has 0 aliphatic carbocycles. The van der Waals surface area contributed by atoms with E-state index in [9.17, 15) is 5.11 Å². The van der Waals surface area contributed by atoms with E-state index in [-0.39, 0.29) is 0 Å². The second-order valence-electron chi connectivity index (χ2n) is 5.03. The van der Waals surface area contributed by atoms with Gasteiger partial charge in [0.05, 0.1) is 21.3 Å². The Balaban J connectivity index is 2.17. The van der Waals surface area contributed by atoms with Crippen molar-refractivity contribution in [1.29, 1.82) is 0 Å². The molecule has 0 saturated carbocycles. The highest BCUT2D eigenvalue weighted by Crippen LogP contribution is 2.33. The van der Waals surface area contributed by atoms with Crippen molar-refractivity contribution in [2.24, 2.45) is 0 Å². The van der Waals surface area contributed by atoms with E-state index in [0.717, 1.165) is 0 Å². The fourth-order valence-electron chi connectivity index (χ4n) is 2.29. The van der Waals surface area contributed by atoms with Gasteiger partial charge in [0.25, 0.3) is 0 Å². The molecule has 1 N–H and O–H groups in total. The fourth-order valence-corrected chi connectivity index (χ4v) is 2.29. The van der Waals surface area contributed by atoms with Crippen LogP contribution in [0.4, 0.5) is 0 Å². The second-order valence-corrected chi connectivity index (χ2v) is 5.03. The van der Waals surface area contributed by atoms with E-state index in [2.05, 4.69) is 0 Å². The summed E-state index contributed by atoms with van der Waals surface area (Å²) < 4.78 is 21.6. The molecule has 2 aromatic rings. The van der Waals surface area contributed by atoms with Gasteiger partial charge in [-0.05, 0) is 36.8 Å². The highest BCUT2D eigenvalue weighted by molar-refractivity contribution is 5.44. The zero-order chi connectivity index (χ0) is 16.8. The molecule has 23 heavy (non-hydrogen) atoms. The van der Waals surface area contributed by atoms with Crippen LogP contribution in [0.3, 0.4) is 0 Å². The smallest absolute Gasteiger partial charge is 0.161 e. The first-order chi connectivity index (χ1) is 11.1. The summed E-state index contributed by atoms with van der Waals surface area (Å²) in [6.45, 7) is 1.80. The second kappa shape index (κ2) is 7.74. The van der Waals surface area contributed by atoms with E-state index >= 15 is 0 Å². The number of hydrogen-bond acceptors (Lipinski definition) is 5. The van der Waals surface area contributed by atoms with Gasteiger partial charge in [-0.1, -0.05) is 18.2 Å². The van der Waals surface area contributed by atoms with E-state index in [1.54, 1.807) is 52.5 Å². The number of para-hydroxylation sites is 2. The highest BCUT2D eigenvalue weighted by atomic mass is 16.5. The van der Waals surface area contributed by atoms with Gasteiger partial charge in [-0.2, -0.15) is 0 Å². The molecular weight excluding hydrogens is 296 g/mol. The number of methoxy groups -OCH3 is 3. The minimum atomic E-state index is -0.820. The Labute approximate surface area is 136 Å². The zero-order valence-corrected chi connectivity index (χ0v) is 13.8. The Morgan fingerprint density at radius 3 is 1.96 bits per heavy atom. The summed E-state index contributed by atoms with van der Waals surface area (Å²) >= 11 is 0. The quantitative estimate of drug-likeness (QED) is 0.849. The molecule has 5 nitrogen and oxygen atoms in total. The van der Waals surface area contributed by atoms with Crippen molar-refractivity contribution in [2.75, 3.05) is 21.3 Å². The standard InChI is InChI=1S/C18H22O5/c1-12(23-16-8-6-5-7-14(16)20-2)18(19)13-9-10-15(21-3)17(11-13)22-4/h5-12,18-19H,1-4H3/t12-,18-/m1/s1. The van der Waals surface area contributed by atoms with Crippen molar-refractivity contribution >= 4 is 0 Å². The molecule has 0 bridgehead atoms. The average molecular weight is 318 g/mol. The lowest BCUT2D eigenvalue weighted by Gasteiger charge is -2.22. The van der Waals surface area contributed by atoms with Gasteiger partial charge >= 0.3 is 0 Å². The van der Waals surface area contributed by atoms with E-state index in [0.29, 0.717) is 28.6 Å². The van der Waals surface area contributed by atoms with Crippen molar-refractivity contribution in [3.05, 3.63) is 48.0 Å². The maximum atomic E-state index is 10.5. The number of rotatable bonds is 7. The number of aliphatic hydroxyl groups is 1. The van der Waals surface area contributed by atoms with Gasteiger partial charge < -0.3 is 24.1 Å². The number of aliphatic hydroxyl groups excluding tert-OH is 1. The Morgan fingerprint density at radius 1 is 0.783 bits per heavy atom. The molecule has 0 radical (unpaired) electrons. The van der Waals surface area contributed by atoms with Crippen LogP contribution in [-0.2, 0) is 0 Å². The predicted molar refractivity (Wildman–Crippen MR) is 87.6 cm³/mol. The van der Waals surface area contributed by atoms with Gasteiger partial charge in [-0.3, -0.25) is 0 Å². The molecule has 2 rings (SSSR count). The van der Waals surface area contributed by atoms with Crippen LogP contribution >= 0.6 is 0 Å². The monoisotopic (exact) mass is 318 g/mol. The maximum absolute atomic E-state index is 10.5. The summed E-state index contributed by atoms with van der Waals surface area (Å²) in [6, 6.07) is 12.6. The predicted octanol–water partition coefficient (Wildman–Crippen LogP) is 3.21. The molecule has 0 heterocycles. The first-order valence-electron chi connectivity index (χ1n) is 7.30. The molecule has 2 aromatic carbocycles. The highest BCUT2D eigenvalue weighted by Gasteiger charge is 2.21. The summed E-state index contributed by atoms with van der Waals surface area (Å²) in [6.07, 6.45) is -1.29. The van der Waals surface area contributed by atoms with Gasteiger partial charge in [0.1, 0.15) is 12.2 Å². The van der Waals surface area contributed by atoms with Gasteiger partial charge in [-0.15, -0.1) is 0 Å². The molecule has 2 atom stereocenters. The summed E-state index contributed by atoms with van der Waals surface area (Å²) in [5, 5.41) is 10.5. The molecule has 0 aliphatic rings. The first-order valence-corrected chi connectivity index (χ1v) is 7.30. The molecular formula is C18H22O5. The molecule has 0 aliphatic heterocycles. The largest absolute Gasteiger partial charge is 0.493 e. The number of ether oxygens (including phenoxy) is 4. The van der Waals surface area contributed by atoms with Crippen LogP contribution < -0.4 is 18.9 Å². The Hall–Kier alpha value is -2.40. The van der Waals surface area contributed by atoms with E-state index in [1.807, 2.05) is 18.2 Å². The van der Waals surface area contributed by atoms with Crippen LogP contribution in [-0.4, -0.2) is 32.5 Å².